The Labute approximate surface area is 137 Å². The summed E-state index contributed by atoms with van der Waals surface area (Å²) in [4.78, 5) is 7.32. The van der Waals surface area contributed by atoms with Crippen molar-refractivity contribution < 1.29 is 0 Å². The van der Waals surface area contributed by atoms with Crippen molar-refractivity contribution in [2.24, 2.45) is 0 Å². The van der Waals surface area contributed by atoms with Crippen molar-refractivity contribution in [2.45, 2.75) is 24.7 Å². The van der Waals surface area contributed by atoms with Gasteiger partial charge in [0.2, 0.25) is 0 Å². The van der Waals surface area contributed by atoms with Gasteiger partial charge in [-0.15, -0.1) is 17.0 Å². The lowest BCUT2D eigenvalue weighted by molar-refractivity contribution is 0.243. The molecule has 2 aromatic rings. The smallest absolute Gasteiger partial charge is 0.0702 e. The molecule has 2 atom stereocenters. The lowest BCUT2D eigenvalue weighted by Gasteiger charge is -2.34. The molecule has 2 aliphatic rings. The Hall–Kier alpha value is -1.19. The van der Waals surface area contributed by atoms with Crippen molar-refractivity contribution in [3.05, 3.63) is 54.2 Å². The zero-order valence-corrected chi connectivity index (χ0v) is 13.9. The third kappa shape index (κ3) is 2.65. The first-order valence-electron chi connectivity index (χ1n) is 7.60. The molecule has 0 saturated carbocycles. The van der Waals surface area contributed by atoms with E-state index < -0.39 is 0 Å². The van der Waals surface area contributed by atoms with Crippen LogP contribution in [0.2, 0.25) is 0 Å². The van der Waals surface area contributed by atoms with Gasteiger partial charge in [0.05, 0.1) is 5.69 Å². The molecule has 2 aliphatic heterocycles. The first-order chi connectivity index (χ1) is 9.86. The topological polar surface area (TPSA) is 16.1 Å². The summed E-state index contributed by atoms with van der Waals surface area (Å²) in [5.74, 6) is 0. The van der Waals surface area contributed by atoms with E-state index in [1.807, 2.05) is 6.07 Å². The number of piperidine rings is 1. The predicted octanol–water partition coefficient (Wildman–Crippen LogP) is 4.06. The standard InChI is InChI=1S/C18H20N2.BrH/c1-2-5-15(6-3-1)17-8-7-16(13-19-17)18-9-4-11-20(14-18)12-10-18;/h1-3,5-8,13H,4,9-12,14H2;1H. The van der Waals surface area contributed by atoms with Crippen molar-refractivity contribution >= 4 is 17.0 Å². The van der Waals surface area contributed by atoms with Crippen LogP contribution in [0.15, 0.2) is 48.7 Å². The van der Waals surface area contributed by atoms with Gasteiger partial charge in [-0.05, 0) is 44.0 Å². The van der Waals surface area contributed by atoms with Gasteiger partial charge in [-0.3, -0.25) is 4.98 Å². The molecule has 4 rings (SSSR count). The van der Waals surface area contributed by atoms with Crippen LogP contribution in [0.1, 0.15) is 24.8 Å². The molecule has 2 bridgehead atoms. The van der Waals surface area contributed by atoms with Crippen molar-refractivity contribution in [3.8, 4) is 11.3 Å². The van der Waals surface area contributed by atoms with Crippen LogP contribution in [0.5, 0.6) is 0 Å². The molecule has 0 aliphatic carbocycles. The maximum Gasteiger partial charge on any atom is 0.0702 e. The molecule has 2 saturated heterocycles. The second-order valence-electron chi connectivity index (χ2n) is 6.21. The van der Waals surface area contributed by atoms with Crippen molar-refractivity contribution in [1.82, 2.24) is 9.88 Å². The van der Waals surface area contributed by atoms with E-state index in [0.717, 1.165) is 5.69 Å². The molecule has 21 heavy (non-hydrogen) atoms. The van der Waals surface area contributed by atoms with E-state index in [-0.39, 0.29) is 17.0 Å². The first kappa shape index (κ1) is 14.7. The Kier molecular flexibility index (Phi) is 4.14. The van der Waals surface area contributed by atoms with Crippen molar-refractivity contribution in [3.63, 3.8) is 0 Å². The number of fused-ring (bicyclic) bond motifs is 2. The minimum absolute atomic E-state index is 0. The second-order valence-corrected chi connectivity index (χ2v) is 6.21. The quantitative estimate of drug-likeness (QED) is 0.816. The van der Waals surface area contributed by atoms with Gasteiger partial charge in [0.1, 0.15) is 0 Å². The fourth-order valence-electron chi connectivity index (χ4n) is 3.86. The van der Waals surface area contributed by atoms with Crippen LogP contribution >= 0.6 is 17.0 Å². The molecule has 3 heteroatoms. The summed E-state index contributed by atoms with van der Waals surface area (Å²) in [6.07, 6.45) is 6.09. The van der Waals surface area contributed by atoms with Gasteiger partial charge in [-0.25, -0.2) is 0 Å². The number of hydrogen-bond acceptors (Lipinski definition) is 2. The number of halogens is 1. The third-order valence-corrected chi connectivity index (χ3v) is 5.01. The van der Waals surface area contributed by atoms with Crippen LogP contribution in [0, 0.1) is 0 Å². The number of hydrogen-bond donors (Lipinski definition) is 0. The molecule has 3 heterocycles. The highest BCUT2D eigenvalue weighted by Crippen LogP contribution is 2.41. The molecule has 0 radical (unpaired) electrons. The summed E-state index contributed by atoms with van der Waals surface area (Å²) in [7, 11) is 0. The maximum atomic E-state index is 4.72. The van der Waals surface area contributed by atoms with Crippen molar-refractivity contribution in [1.29, 1.82) is 0 Å². The Bertz CT molecular complexity index is 592. The zero-order chi connectivity index (χ0) is 13.4. The Balaban J connectivity index is 0.00000132. The summed E-state index contributed by atoms with van der Waals surface area (Å²) in [6.45, 7) is 3.79. The Morgan fingerprint density at radius 2 is 1.81 bits per heavy atom. The summed E-state index contributed by atoms with van der Waals surface area (Å²) in [6, 6.07) is 14.9. The maximum absolute atomic E-state index is 4.72. The van der Waals surface area contributed by atoms with Gasteiger partial charge in [0, 0.05) is 23.7 Å². The van der Waals surface area contributed by atoms with Crippen LogP contribution in [-0.4, -0.2) is 29.5 Å². The highest BCUT2D eigenvalue weighted by atomic mass is 79.9. The van der Waals surface area contributed by atoms with Crippen LogP contribution in [0.25, 0.3) is 11.3 Å². The number of nitrogens with zero attached hydrogens (tertiary/aromatic N) is 2. The van der Waals surface area contributed by atoms with E-state index in [9.17, 15) is 0 Å². The molecular weight excluding hydrogens is 324 g/mol. The number of benzene rings is 1. The van der Waals surface area contributed by atoms with Gasteiger partial charge in [-0.1, -0.05) is 36.4 Å². The molecule has 110 valence electrons. The molecule has 2 nitrogen and oxygen atoms in total. The van der Waals surface area contributed by atoms with Gasteiger partial charge in [-0.2, -0.15) is 0 Å². The highest BCUT2D eigenvalue weighted by Gasteiger charge is 2.42. The van der Waals surface area contributed by atoms with E-state index in [1.165, 1.54) is 50.0 Å². The first-order valence-corrected chi connectivity index (χ1v) is 7.60. The van der Waals surface area contributed by atoms with Crippen LogP contribution < -0.4 is 0 Å². The fourth-order valence-corrected chi connectivity index (χ4v) is 3.86. The average molecular weight is 345 g/mol. The van der Waals surface area contributed by atoms with E-state index in [2.05, 4.69) is 47.5 Å². The zero-order valence-electron chi connectivity index (χ0n) is 12.2. The average Bonchev–Trinajstić information content (AvgIpc) is 2.84. The molecular formula is C18H21BrN2. The van der Waals surface area contributed by atoms with Crippen molar-refractivity contribution in [2.75, 3.05) is 19.6 Å². The van der Waals surface area contributed by atoms with Crippen LogP contribution in [0.4, 0.5) is 0 Å². The molecule has 1 aromatic heterocycles. The molecule has 1 aromatic carbocycles. The molecule has 2 unspecified atom stereocenters. The third-order valence-electron chi connectivity index (χ3n) is 5.01. The van der Waals surface area contributed by atoms with Gasteiger partial charge in [0.25, 0.3) is 0 Å². The summed E-state index contributed by atoms with van der Waals surface area (Å²) < 4.78 is 0. The summed E-state index contributed by atoms with van der Waals surface area (Å²) >= 11 is 0. The SMILES string of the molecule is Br.c1ccc(-c2ccc(C34CCCN(CC3)C4)cn2)cc1. The monoisotopic (exact) mass is 344 g/mol. The number of aromatic nitrogens is 1. The fraction of sp³-hybridized carbons (Fsp3) is 0.389. The number of pyridine rings is 1. The molecule has 2 fully saturated rings. The van der Waals surface area contributed by atoms with E-state index in [0.29, 0.717) is 5.41 Å². The van der Waals surface area contributed by atoms with Crippen LogP contribution in [-0.2, 0) is 5.41 Å². The largest absolute Gasteiger partial charge is 0.302 e. The van der Waals surface area contributed by atoms with Crippen LogP contribution in [0.3, 0.4) is 0 Å². The normalized spacial score (nSPS) is 27.1. The lowest BCUT2D eigenvalue weighted by atomic mass is 9.75. The summed E-state index contributed by atoms with van der Waals surface area (Å²) in [5, 5.41) is 0. The minimum atomic E-state index is 0. The second kappa shape index (κ2) is 5.90. The lowest BCUT2D eigenvalue weighted by Crippen LogP contribution is -2.36. The molecule has 0 spiro atoms. The van der Waals surface area contributed by atoms with E-state index in [1.54, 1.807) is 0 Å². The van der Waals surface area contributed by atoms with Gasteiger partial charge in [0.15, 0.2) is 0 Å². The number of rotatable bonds is 2. The van der Waals surface area contributed by atoms with Gasteiger partial charge < -0.3 is 4.90 Å². The highest BCUT2D eigenvalue weighted by molar-refractivity contribution is 8.93. The van der Waals surface area contributed by atoms with E-state index >= 15 is 0 Å². The van der Waals surface area contributed by atoms with Gasteiger partial charge >= 0.3 is 0 Å². The Morgan fingerprint density at radius 3 is 2.57 bits per heavy atom. The minimum Gasteiger partial charge on any atom is -0.302 e. The molecule has 0 N–H and O–H groups in total. The molecule has 0 amide bonds. The summed E-state index contributed by atoms with van der Waals surface area (Å²) in [5.41, 5.74) is 4.12. The Morgan fingerprint density at radius 1 is 0.952 bits per heavy atom. The predicted molar refractivity (Wildman–Crippen MR) is 92.0 cm³/mol. The van der Waals surface area contributed by atoms with E-state index in [4.69, 9.17) is 4.98 Å².